The Morgan fingerprint density at radius 3 is 2.50 bits per heavy atom. The van der Waals surface area contributed by atoms with Gasteiger partial charge in [-0.3, -0.25) is 4.79 Å². The molecular weight excluding hydrogens is 278 g/mol. The van der Waals surface area contributed by atoms with Crippen molar-refractivity contribution in [3.05, 3.63) is 23.8 Å². The number of amides is 1. The summed E-state index contributed by atoms with van der Waals surface area (Å²) in [4.78, 5) is 12.3. The van der Waals surface area contributed by atoms with Crippen molar-refractivity contribution in [3.8, 4) is 11.5 Å². The Labute approximate surface area is 134 Å². The second-order valence-corrected chi connectivity index (χ2v) is 5.90. The monoisotopic (exact) mass is 307 g/mol. The fourth-order valence-electron chi connectivity index (χ4n) is 2.24. The number of hydrogen-bond donors (Lipinski definition) is 1. The van der Waals surface area contributed by atoms with Gasteiger partial charge in [0.05, 0.1) is 13.2 Å². The van der Waals surface area contributed by atoms with Crippen molar-refractivity contribution < 1.29 is 14.3 Å². The summed E-state index contributed by atoms with van der Waals surface area (Å²) in [6.07, 6.45) is 4.60. The average molecular weight is 307 g/mol. The van der Waals surface area contributed by atoms with Crippen LogP contribution in [0.3, 0.4) is 0 Å². The number of carbonyl (C=O) groups excluding carboxylic acids is 1. The van der Waals surface area contributed by atoms with E-state index in [2.05, 4.69) is 12.2 Å². The van der Waals surface area contributed by atoms with Crippen molar-refractivity contribution in [2.75, 3.05) is 7.11 Å². The largest absolute Gasteiger partial charge is 0.493 e. The maximum Gasteiger partial charge on any atom is 0.251 e. The lowest BCUT2D eigenvalue weighted by molar-refractivity contribution is 0.0937. The molecule has 1 aromatic rings. The fraction of sp³-hybridized carbons (Fsp3) is 0.611. The number of hydrogen-bond acceptors (Lipinski definition) is 3. The van der Waals surface area contributed by atoms with Crippen molar-refractivity contribution in [1.82, 2.24) is 5.32 Å². The lowest BCUT2D eigenvalue weighted by atomic mass is 10.1. The van der Waals surface area contributed by atoms with Gasteiger partial charge in [-0.1, -0.05) is 26.2 Å². The summed E-state index contributed by atoms with van der Waals surface area (Å²) >= 11 is 0. The van der Waals surface area contributed by atoms with Gasteiger partial charge in [-0.2, -0.15) is 0 Å². The lowest BCUT2D eigenvalue weighted by Gasteiger charge is -2.16. The summed E-state index contributed by atoms with van der Waals surface area (Å²) in [5.41, 5.74) is 0.593. The van der Waals surface area contributed by atoms with Crippen molar-refractivity contribution >= 4 is 5.91 Å². The lowest BCUT2D eigenvalue weighted by Crippen LogP contribution is -2.32. The third-order valence-corrected chi connectivity index (χ3v) is 3.41. The molecule has 1 N–H and O–H groups in total. The summed E-state index contributed by atoms with van der Waals surface area (Å²) in [6.45, 7) is 8.13. The zero-order valence-corrected chi connectivity index (χ0v) is 14.4. The number of carbonyl (C=O) groups is 1. The molecule has 1 unspecified atom stereocenters. The first kappa shape index (κ1) is 18.3. The smallest absolute Gasteiger partial charge is 0.251 e. The van der Waals surface area contributed by atoms with E-state index in [9.17, 15) is 4.79 Å². The first-order chi connectivity index (χ1) is 10.5. The van der Waals surface area contributed by atoms with E-state index in [1.165, 1.54) is 12.8 Å². The molecule has 0 bridgehead atoms. The molecule has 4 nitrogen and oxygen atoms in total. The SMILES string of the molecule is CCCCCC(C)NC(=O)c1ccc(OC(C)C)c(OC)c1. The van der Waals surface area contributed by atoms with E-state index in [-0.39, 0.29) is 18.1 Å². The van der Waals surface area contributed by atoms with Crippen molar-refractivity contribution in [1.29, 1.82) is 0 Å². The molecule has 0 aliphatic carbocycles. The number of rotatable bonds is 9. The molecule has 1 rings (SSSR count). The summed E-state index contributed by atoms with van der Waals surface area (Å²) in [5, 5.41) is 3.03. The molecule has 1 atom stereocenters. The van der Waals surface area contributed by atoms with Gasteiger partial charge in [0.25, 0.3) is 5.91 Å². The number of benzene rings is 1. The molecule has 124 valence electrons. The number of unbranched alkanes of at least 4 members (excludes halogenated alkanes) is 2. The highest BCUT2D eigenvalue weighted by Gasteiger charge is 2.13. The maximum absolute atomic E-state index is 12.3. The summed E-state index contributed by atoms with van der Waals surface area (Å²) in [5.74, 6) is 1.17. The van der Waals surface area contributed by atoms with E-state index in [1.54, 1.807) is 25.3 Å². The van der Waals surface area contributed by atoms with Gasteiger partial charge in [-0.15, -0.1) is 0 Å². The number of ether oxygens (including phenoxy) is 2. The first-order valence-electron chi connectivity index (χ1n) is 8.13. The van der Waals surface area contributed by atoms with Crippen molar-refractivity contribution in [2.45, 2.75) is 65.5 Å². The Bertz CT molecular complexity index is 471. The molecule has 0 saturated carbocycles. The van der Waals surface area contributed by atoms with Crippen LogP contribution in [0.25, 0.3) is 0 Å². The predicted molar refractivity (Wildman–Crippen MR) is 89.8 cm³/mol. The van der Waals surface area contributed by atoms with E-state index in [4.69, 9.17) is 9.47 Å². The van der Waals surface area contributed by atoms with E-state index in [1.807, 2.05) is 20.8 Å². The predicted octanol–water partition coefficient (Wildman–Crippen LogP) is 4.18. The third-order valence-electron chi connectivity index (χ3n) is 3.41. The van der Waals surface area contributed by atoms with Gasteiger partial charge >= 0.3 is 0 Å². The van der Waals surface area contributed by atoms with Crippen molar-refractivity contribution in [3.63, 3.8) is 0 Å². The molecule has 0 aliphatic rings. The topological polar surface area (TPSA) is 47.6 Å². The minimum atomic E-state index is -0.0709. The fourth-order valence-corrected chi connectivity index (χ4v) is 2.24. The molecule has 0 fully saturated rings. The van der Waals surface area contributed by atoms with Gasteiger partial charge in [-0.25, -0.2) is 0 Å². The second-order valence-electron chi connectivity index (χ2n) is 5.90. The average Bonchev–Trinajstić information content (AvgIpc) is 2.47. The standard InChI is InChI=1S/C18H29NO3/c1-6-7-8-9-14(4)19-18(20)15-10-11-16(22-13(2)3)17(12-15)21-5/h10-14H,6-9H2,1-5H3,(H,19,20). The number of methoxy groups -OCH3 is 1. The molecule has 1 amide bonds. The van der Waals surface area contributed by atoms with Crippen LogP contribution < -0.4 is 14.8 Å². The molecular formula is C18H29NO3. The molecule has 0 spiro atoms. The van der Waals surface area contributed by atoms with Gasteiger partial charge in [0.2, 0.25) is 0 Å². The molecule has 1 aromatic carbocycles. The highest BCUT2D eigenvalue weighted by molar-refractivity contribution is 5.95. The van der Waals surface area contributed by atoms with Crippen LogP contribution in [0.15, 0.2) is 18.2 Å². The normalized spacial score (nSPS) is 12.1. The van der Waals surface area contributed by atoms with Crippen LogP contribution in [0.1, 0.15) is 63.7 Å². The second kappa shape index (κ2) is 9.34. The Hall–Kier alpha value is -1.71. The summed E-state index contributed by atoms with van der Waals surface area (Å²) < 4.78 is 11.0. The van der Waals surface area contributed by atoms with Crippen LogP contribution in [-0.4, -0.2) is 25.2 Å². The molecule has 0 aliphatic heterocycles. The van der Waals surface area contributed by atoms with Crippen LogP contribution in [0.2, 0.25) is 0 Å². The van der Waals surface area contributed by atoms with Crippen molar-refractivity contribution in [2.24, 2.45) is 0 Å². The van der Waals surface area contributed by atoms with Crippen LogP contribution in [0, 0.1) is 0 Å². The quantitative estimate of drug-likeness (QED) is 0.696. The Kier molecular flexibility index (Phi) is 7.78. The maximum atomic E-state index is 12.3. The van der Waals surface area contributed by atoms with Gasteiger partial charge in [0.15, 0.2) is 11.5 Å². The summed E-state index contributed by atoms with van der Waals surface area (Å²) in [6, 6.07) is 5.46. The van der Waals surface area contributed by atoms with Crippen LogP contribution in [0.5, 0.6) is 11.5 Å². The highest BCUT2D eigenvalue weighted by atomic mass is 16.5. The molecule has 4 heteroatoms. The van der Waals surface area contributed by atoms with Crippen LogP contribution in [-0.2, 0) is 0 Å². The third kappa shape index (κ3) is 5.96. The number of nitrogens with one attached hydrogen (secondary N) is 1. The van der Waals surface area contributed by atoms with E-state index in [0.29, 0.717) is 17.1 Å². The molecule has 22 heavy (non-hydrogen) atoms. The molecule has 0 aromatic heterocycles. The van der Waals surface area contributed by atoms with Crippen LogP contribution in [0.4, 0.5) is 0 Å². The van der Waals surface area contributed by atoms with E-state index < -0.39 is 0 Å². The Morgan fingerprint density at radius 2 is 1.91 bits per heavy atom. The zero-order valence-electron chi connectivity index (χ0n) is 14.4. The first-order valence-corrected chi connectivity index (χ1v) is 8.13. The minimum absolute atomic E-state index is 0.0622. The van der Waals surface area contributed by atoms with Crippen LogP contribution >= 0.6 is 0 Å². The minimum Gasteiger partial charge on any atom is -0.493 e. The molecule has 0 radical (unpaired) electrons. The molecule has 0 heterocycles. The zero-order chi connectivity index (χ0) is 16.5. The Morgan fingerprint density at radius 1 is 1.18 bits per heavy atom. The Balaban J connectivity index is 2.69. The van der Waals surface area contributed by atoms with Gasteiger partial charge in [0.1, 0.15) is 0 Å². The van der Waals surface area contributed by atoms with Gasteiger partial charge < -0.3 is 14.8 Å². The van der Waals surface area contributed by atoms with Gasteiger partial charge in [-0.05, 0) is 45.4 Å². The molecule has 0 saturated heterocycles. The highest BCUT2D eigenvalue weighted by Crippen LogP contribution is 2.29. The van der Waals surface area contributed by atoms with E-state index >= 15 is 0 Å². The van der Waals surface area contributed by atoms with Gasteiger partial charge in [0, 0.05) is 11.6 Å². The van der Waals surface area contributed by atoms with E-state index in [0.717, 1.165) is 12.8 Å². The summed E-state index contributed by atoms with van der Waals surface area (Å²) in [7, 11) is 1.58.